The Morgan fingerprint density at radius 3 is 2.29 bits per heavy atom. The molecule has 1 aromatic carbocycles. The van der Waals surface area contributed by atoms with Crippen LogP contribution in [0.25, 0.3) is 10.8 Å². The fraction of sp³-hybridized carbons (Fsp3) is 0.385. The smallest absolute Gasteiger partial charge is 0.0111 e. The molecule has 2 rings (SSSR count). The molecule has 0 atom stereocenters. The number of hydrogen-bond acceptors (Lipinski definition) is 0. The van der Waals surface area contributed by atoms with Crippen LogP contribution in [0.4, 0.5) is 0 Å². The van der Waals surface area contributed by atoms with Gasteiger partial charge in [-0.25, -0.2) is 0 Å². The highest BCUT2D eigenvalue weighted by Gasteiger charge is 2.13. The van der Waals surface area contributed by atoms with Crippen molar-refractivity contribution in [3.63, 3.8) is 0 Å². The molecule has 0 saturated carbocycles. The highest BCUT2D eigenvalue weighted by atomic mass is 14.9. The molecule has 0 N–H and O–H groups in total. The fourth-order valence-electron chi connectivity index (χ4n) is 1.75. The Hall–Kier alpha value is -1.24. The van der Waals surface area contributed by atoms with E-state index in [0.717, 1.165) is 0 Å². The summed E-state index contributed by atoms with van der Waals surface area (Å²) < 4.78 is 2.11. The lowest BCUT2D eigenvalue weighted by Crippen LogP contribution is -2.10. The molecule has 74 valence electrons. The normalized spacial score (nSPS) is 12.3. The van der Waals surface area contributed by atoms with E-state index in [2.05, 4.69) is 63.0 Å². The molecule has 0 saturated heterocycles. The standard InChI is InChI=1S/C13H17N/c1-13(2,3)12-6-5-10-8-14(4)9-11(10)7-12/h5-9H,1-4H3. The first-order valence-corrected chi connectivity index (χ1v) is 5.03. The average Bonchev–Trinajstić information content (AvgIpc) is 2.41. The second-order valence-electron chi connectivity index (χ2n) is 5.02. The third kappa shape index (κ3) is 1.54. The number of benzene rings is 1. The number of hydrogen-bond donors (Lipinski definition) is 0. The predicted octanol–water partition coefficient (Wildman–Crippen LogP) is 3.48. The van der Waals surface area contributed by atoms with E-state index in [9.17, 15) is 0 Å². The second-order valence-corrected chi connectivity index (χ2v) is 5.02. The van der Waals surface area contributed by atoms with Gasteiger partial charge in [0.25, 0.3) is 0 Å². The van der Waals surface area contributed by atoms with Gasteiger partial charge in [0.2, 0.25) is 0 Å². The summed E-state index contributed by atoms with van der Waals surface area (Å²) >= 11 is 0. The topological polar surface area (TPSA) is 4.93 Å². The van der Waals surface area contributed by atoms with Crippen molar-refractivity contribution >= 4 is 10.8 Å². The van der Waals surface area contributed by atoms with Crippen molar-refractivity contribution in [2.24, 2.45) is 7.05 Å². The van der Waals surface area contributed by atoms with Gasteiger partial charge in [-0.1, -0.05) is 32.9 Å². The van der Waals surface area contributed by atoms with Crippen LogP contribution in [0.15, 0.2) is 30.6 Å². The van der Waals surface area contributed by atoms with Crippen LogP contribution in [0.5, 0.6) is 0 Å². The number of aromatic nitrogens is 1. The summed E-state index contributed by atoms with van der Waals surface area (Å²) in [5, 5.41) is 2.65. The molecule has 1 aromatic heterocycles. The summed E-state index contributed by atoms with van der Waals surface area (Å²) in [4.78, 5) is 0. The molecule has 0 unspecified atom stereocenters. The molecule has 0 spiro atoms. The third-order valence-electron chi connectivity index (χ3n) is 2.64. The third-order valence-corrected chi connectivity index (χ3v) is 2.64. The van der Waals surface area contributed by atoms with Crippen molar-refractivity contribution in [3.8, 4) is 0 Å². The van der Waals surface area contributed by atoms with Gasteiger partial charge in [-0.2, -0.15) is 0 Å². The zero-order chi connectivity index (χ0) is 10.3. The number of rotatable bonds is 0. The van der Waals surface area contributed by atoms with Gasteiger partial charge in [-0.3, -0.25) is 0 Å². The highest BCUT2D eigenvalue weighted by Crippen LogP contribution is 2.26. The van der Waals surface area contributed by atoms with Crippen LogP contribution < -0.4 is 0 Å². The molecule has 0 aliphatic carbocycles. The molecule has 0 amide bonds. The lowest BCUT2D eigenvalue weighted by Gasteiger charge is -2.18. The van der Waals surface area contributed by atoms with E-state index >= 15 is 0 Å². The average molecular weight is 187 g/mol. The fourth-order valence-corrected chi connectivity index (χ4v) is 1.75. The van der Waals surface area contributed by atoms with E-state index in [1.54, 1.807) is 0 Å². The Morgan fingerprint density at radius 1 is 1.00 bits per heavy atom. The van der Waals surface area contributed by atoms with Gasteiger partial charge in [0.05, 0.1) is 0 Å². The number of nitrogens with zero attached hydrogens (tertiary/aromatic N) is 1. The van der Waals surface area contributed by atoms with E-state index in [0.29, 0.717) is 0 Å². The van der Waals surface area contributed by atoms with Gasteiger partial charge in [0.1, 0.15) is 0 Å². The van der Waals surface area contributed by atoms with Gasteiger partial charge in [0, 0.05) is 19.4 Å². The van der Waals surface area contributed by atoms with Crippen LogP contribution in [-0.4, -0.2) is 4.57 Å². The van der Waals surface area contributed by atoms with Crippen LogP contribution in [0.3, 0.4) is 0 Å². The van der Waals surface area contributed by atoms with Crippen LogP contribution >= 0.6 is 0 Å². The summed E-state index contributed by atoms with van der Waals surface area (Å²) in [6.45, 7) is 6.74. The van der Waals surface area contributed by atoms with Crippen LogP contribution in [0.2, 0.25) is 0 Å². The maximum Gasteiger partial charge on any atom is 0.0111 e. The molecule has 1 heteroatoms. The minimum atomic E-state index is 0.240. The Kier molecular flexibility index (Phi) is 1.91. The summed E-state index contributed by atoms with van der Waals surface area (Å²) in [6, 6.07) is 6.72. The highest BCUT2D eigenvalue weighted by molar-refractivity contribution is 5.83. The minimum absolute atomic E-state index is 0.240. The second kappa shape index (κ2) is 2.88. The predicted molar refractivity (Wildman–Crippen MR) is 61.6 cm³/mol. The lowest BCUT2D eigenvalue weighted by molar-refractivity contribution is 0.591. The zero-order valence-electron chi connectivity index (χ0n) is 9.33. The molecular formula is C13H17N. The molecule has 1 nitrogen and oxygen atoms in total. The van der Waals surface area contributed by atoms with Gasteiger partial charge in [-0.15, -0.1) is 0 Å². The lowest BCUT2D eigenvalue weighted by atomic mass is 9.86. The van der Waals surface area contributed by atoms with Crippen LogP contribution in [0, 0.1) is 0 Å². The maximum absolute atomic E-state index is 2.29. The first kappa shape index (κ1) is 9.32. The summed E-state index contributed by atoms with van der Waals surface area (Å²) in [6.07, 6.45) is 4.33. The maximum atomic E-state index is 2.29. The van der Waals surface area contributed by atoms with Crippen molar-refractivity contribution in [1.82, 2.24) is 4.57 Å². The molecular weight excluding hydrogens is 170 g/mol. The van der Waals surface area contributed by atoms with Gasteiger partial charge < -0.3 is 4.57 Å². The Balaban J connectivity index is 2.62. The minimum Gasteiger partial charge on any atom is -0.356 e. The van der Waals surface area contributed by atoms with Gasteiger partial charge in [-0.05, 0) is 27.8 Å². The van der Waals surface area contributed by atoms with Crippen molar-refractivity contribution in [1.29, 1.82) is 0 Å². The Bertz CT molecular complexity index is 458. The van der Waals surface area contributed by atoms with Crippen molar-refractivity contribution < 1.29 is 0 Å². The Labute approximate surface area is 85.4 Å². The van der Waals surface area contributed by atoms with E-state index < -0.39 is 0 Å². The van der Waals surface area contributed by atoms with Crippen molar-refractivity contribution in [2.45, 2.75) is 26.2 Å². The first-order valence-electron chi connectivity index (χ1n) is 5.03. The van der Waals surface area contributed by atoms with E-state index in [-0.39, 0.29) is 5.41 Å². The van der Waals surface area contributed by atoms with Gasteiger partial charge in [0.15, 0.2) is 0 Å². The Morgan fingerprint density at radius 2 is 1.64 bits per heavy atom. The molecule has 0 aliphatic rings. The van der Waals surface area contributed by atoms with Crippen molar-refractivity contribution in [2.75, 3.05) is 0 Å². The number of fused-ring (bicyclic) bond motifs is 1. The SMILES string of the molecule is Cn1cc2ccc(C(C)(C)C)cc2c1. The number of aryl methyl sites for hydroxylation is 1. The largest absolute Gasteiger partial charge is 0.356 e. The van der Waals surface area contributed by atoms with Gasteiger partial charge >= 0.3 is 0 Å². The summed E-state index contributed by atoms with van der Waals surface area (Å²) in [7, 11) is 2.07. The molecule has 14 heavy (non-hydrogen) atoms. The molecule has 0 fully saturated rings. The molecule has 0 bridgehead atoms. The van der Waals surface area contributed by atoms with Crippen LogP contribution in [0.1, 0.15) is 26.3 Å². The first-order chi connectivity index (χ1) is 6.47. The molecule has 0 aliphatic heterocycles. The summed E-state index contributed by atoms with van der Waals surface area (Å²) in [5.74, 6) is 0. The van der Waals surface area contributed by atoms with E-state index in [1.807, 2.05) is 0 Å². The quantitative estimate of drug-likeness (QED) is 0.595. The molecule has 0 radical (unpaired) electrons. The summed E-state index contributed by atoms with van der Waals surface area (Å²) in [5.41, 5.74) is 1.64. The zero-order valence-corrected chi connectivity index (χ0v) is 9.33. The molecule has 1 heterocycles. The monoisotopic (exact) mass is 187 g/mol. The van der Waals surface area contributed by atoms with E-state index in [1.165, 1.54) is 16.3 Å². The van der Waals surface area contributed by atoms with Crippen LogP contribution in [-0.2, 0) is 12.5 Å². The molecule has 2 aromatic rings. The van der Waals surface area contributed by atoms with E-state index in [4.69, 9.17) is 0 Å². The van der Waals surface area contributed by atoms with Crippen molar-refractivity contribution in [3.05, 3.63) is 36.2 Å².